The summed E-state index contributed by atoms with van der Waals surface area (Å²) in [7, 11) is 0. The van der Waals surface area contributed by atoms with Crippen LogP contribution in [0.4, 0.5) is 0 Å². The molecular formula is C114H239NO14. The van der Waals surface area contributed by atoms with Crippen LogP contribution in [0.5, 0.6) is 0 Å². The molecule has 15 heteroatoms. The molecule has 10 N–H and O–H groups in total. The standard InChI is InChI=1S/C13H25NO.2C12H24O.C11H20O2.2C10H18O2.C9H16O3.2C9H18O.9C2H6.CH4/c1-9(2)10-5-7-11(8-6-10)13(3,4)12(14)15;1-9(2)10-5-7-11(8-6-10)12(3,4)13;1-9(2)10-6-5-7-11(8-10)12(3,4)13;1-8(2)10-5-3-9(4-6-10)7-11(12)13;1-6(2)8-5-12-10-7(8)3-4-9(10)11;1-7(2)8-3-5-9(6-4-8)10(11)12;1-5(2)6-3-11-9-7(10)4-12-8(6)9;1-7(2)8-3-5-9(10)6-4-8;1-7(2)8-4-3-5-9(10)6-8;9*1-2;/h9-11H,5-8H2,1-4H3,(H2,14,15);2*9-11,13H,5-8H2,1-4H3;8-10H,3-7H2,1-2H3,(H,12,13);6-11H,3-5H2,1-2H3;7-9H,3-6H2,1-2H3,(H,11,12);5-10H,3-4H2,1-2H3;2*7-10H,3-6H2,1-2H3;9*1-2H3;1H4. The highest BCUT2D eigenvalue weighted by atomic mass is 16.6. The predicted octanol–water partition coefficient (Wildman–Crippen LogP) is 31.0. The number of carbonyl (C=O) groups is 3. The number of carbonyl (C=O) groups excluding carboxylic acids is 1. The Balaban J connectivity index is -0.000000208. The smallest absolute Gasteiger partial charge is 0.306 e. The first-order valence-corrected chi connectivity index (χ1v) is 54.9. The lowest BCUT2D eigenvalue weighted by Crippen LogP contribution is -2.40. The summed E-state index contributed by atoms with van der Waals surface area (Å²) in [6.07, 6.45) is 35.0. The molecule has 129 heavy (non-hydrogen) atoms. The summed E-state index contributed by atoms with van der Waals surface area (Å²) in [5.41, 5.74) is 4.22. The summed E-state index contributed by atoms with van der Waals surface area (Å²) in [6.45, 7) is 90.6. The molecule has 15 nitrogen and oxygen atoms in total. The van der Waals surface area contributed by atoms with Crippen LogP contribution in [-0.4, -0.2) is 132 Å². The van der Waals surface area contributed by atoms with Gasteiger partial charge in [-0.2, -0.15) is 0 Å². The molecule has 11 aliphatic rings. The largest absolute Gasteiger partial charge is 0.481 e. The van der Waals surface area contributed by atoms with Crippen LogP contribution in [0.15, 0.2) is 0 Å². The number of carboxylic acids is 2. The van der Waals surface area contributed by atoms with E-state index < -0.39 is 29.2 Å². The maximum Gasteiger partial charge on any atom is 0.306 e. The number of carboxylic acid groups (broad SMARTS) is 2. The van der Waals surface area contributed by atoms with Crippen LogP contribution in [0.2, 0.25) is 0 Å². The molecule has 8 aliphatic carbocycles. The highest BCUT2D eigenvalue weighted by Gasteiger charge is 2.49. The number of hydrogen-bond donors (Lipinski definition) is 9. The molecule has 8 saturated carbocycles. The van der Waals surface area contributed by atoms with Crippen molar-refractivity contribution in [3.8, 4) is 0 Å². The van der Waals surface area contributed by atoms with Gasteiger partial charge in [-0.15, -0.1) is 0 Å². The van der Waals surface area contributed by atoms with E-state index in [4.69, 9.17) is 30.2 Å². The third kappa shape index (κ3) is 59.8. The Morgan fingerprint density at radius 2 is 0.636 bits per heavy atom. The molecule has 0 spiro atoms. The van der Waals surface area contributed by atoms with Crippen LogP contribution in [-0.2, 0) is 28.6 Å². The van der Waals surface area contributed by atoms with Gasteiger partial charge in [-0.05, 0) is 325 Å². The first kappa shape index (κ1) is 142. The first-order valence-electron chi connectivity index (χ1n) is 54.9. The van der Waals surface area contributed by atoms with Gasteiger partial charge in [0.05, 0.1) is 67.5 Å². The number of aliphatic hydroxyl groups excluding tert-OH is 4. The van der Waals surface area contributed by atoms with E-state index in [0.29, 0.717) is 66.3 Å². The second-order valence-electron chi connectivity index (χ2n) is 42.0. The average molecular weight is 1850 g/mol. The number of nitrogens with two attached hydrogens (primary N) is 1. The maximum absolute atomic E-state index is 11.4. The lowest BCUT2D eigenvalue weighted by molar-refractivity contribution is -0.143. The number of primary amides is 1. The van der Waals surface area contributed by atoms with E-state index in [2.05, 4.69) is 125 Å². The van der Waals surface area contributed by atoms with E-state index in [1.54, 1.807) is 0 Å². The minimum atomic E-state index is -0.631. The molecule has 1 amide bonds. The van der Waals surface area contributed by atoms with E-state index in [0.717, 1.165) is 173 Å². The van der Waals surface area contributed by atoms with Crippen molar-refractivity contribution in [2.24, 2.45) is 153 Å². The Morgan fingerprint density at radius 3 is 0.961 bits per heavy atom. The van der Waals surface area contributed by atoms with E-state index in [1.807, 2.05) is 166 Å². The number of fused-ring (bicyclic) bond motifs is 2. The van der Waals surface area contributed by atoms with Crippen LogP contribution < -0.4 is 5.73 Å². The van der Waals surface area contributed by atoms with E-state index in [1.165, 1.54) is 116 Å². The summed E-state index contributed by atoms with van der Waals surface area (Å²) < 4.78 is 16.6. The first-order chi connectivity index (χ1) is 60.2. The quantitative estimate of drug-likeness (QED) is 0.0696. The number of rotatable bonds is 16. The van der Waals surface area contributed by atoms with Crippen LogP contribution in [0.1, 0.15) is 497 Å². The topological polar surface area (TPSA) is 267 Å². The van der Waals surface area contributed by atoms with Crippen LogP contribution in [0.25, 0.3) is 0 Å². The molecule has 0 aromatic heterocycles. The van der Waals surface area contributed by atoms with Gasteiger partial charge in [0.25, 0.3) is 0 Å². The fourth-order valence-corrected chi connectivity index (χ4v) is 20.4. The zero-order valence-electron chi connectivity index (χ0n) is 93.5. The highest BCUT2D eigenvalue weighted by Crippen LogP contribution is 2.46. The molecule has 3 heterocycles. The summed E-state index contributed by atoms with van der Waals surface area (Å²) in [6, 6.07) is 0. The van der Waals surface area contributed by atoms with Crippen molar-refractivity contribution in [3.05, 3.63) is 0 Å². The maximum atomic E-state index is 11.4. The highest BCUT2D eigenvalue weighted by molar-refractivity contribution is 5.80. The molecule has 784 valence electrons. The van der Waals surface area contributed by atoms with Crippen molar-refractivity contribution in [2.45, 2.75) is 551 Å². The van der Waals surface area contributed by atoms with Gasteiger partial charge in [0, 0.05) is 17.8 Å². The second-order valence-corrected chi connectivity index (χ2v) is 42.0. The molecule has 11 rings (SSSR count). The molecule has 0 bridgehead atoms. The number of ether oxygens (including phenoxy) is 3. The normalized spacial score (nSPS) is 29.8. The Bertz CT molecular complexity index is 2390. The fraction of sp³-hybridized carbons (Fsp3) is 0.974. The van der Waals surface area contributed by atoms with Gasteiger partial charge >= 0.3 is 11.9 Å². The van der Waals surface area contributed by atoms with Gasteiger partial charge in [0.2, 0.25) is 5.91 Å². The fourth-order valence-electron chi connectivity index (χ4n) is 20.4. The van der Waals surface area contributed by atoms with Gasteiger partial charge in [-0.25, -0.2) is 0 Å². The Morgan fingerprint density at radius 1 is 0.318 bits per heavy atom. The SMILES string of the molecule is C.CC.CC.CC.CC.CC.CC.CC.CC.CC.CC(C)C1CCC(C(=O)O)CC1.CC(C)C1CCC(C(C)(C)C(N)=O)CC1.CC(C)C1CCC(C(C)(C)O)CC1.CC(C)C1CCC(CC(=O)O)CC1.CC(C)C1CCC(O)CC1.CC(C)C1CCCC(C(C)(C)O)C1.CC(C)C1CCCC(O)C1.CC(C)C1COC2C(O)CCC12.CC(C)C1COC2C(O)COC12. The summed E-state index contributed by atoms with van der Waals surface area (Å²) in [5, 5.41) is 74.8. The molecule has 0 aromatic rings. The third-order valence-corrected chi connectivity index (χ3v) is 29.8. The second kappa shape index (κ2) is 82.0. The van der Waals surface area contributed by atoms with Crippen molar-refractivity contribution in [2.75, 3.05) is 19.8 Å². The van der Waals surface area contributed by atoms with Gasteiger partial charge in [0.1, 0.15) is 12.2 Å². The zero-order valence-corrected chi connectivity index (χ0v) is 93.5. The molecule has 12 unspecified atom stereocenters. The zero-order chi connectivity index (χ0) is 101. The van der Waals surface area contributed by atoms with Crippen LogP contribution in [0.3, 0.4) is 0 Å². The molecule has 3 aliphatic heterocycles. The van der Waals surface area contributed by atoms with Gasteiger partial charge in [-0.3, -0.25) is 14.4 Å². The van der Waals surface area contributed by atoms with Crippen LogP contribution in [0, 0.1) is 147 Å². The predicted molar refractivity (Wildman–Crippen MR) is 562 cm³/mol. The van der Waals surface area contributed by atoms with E-state index in [-0.39, 0.29) is 61.3 Å². The van der Waals surface area contributed by atoms with Crippen molar-refractivity contribution >= 4 is 17.8 Å². The third-order valence-electron chi connectivity index (χ3n) is 29.8. The van der Waals surface area contributed by atoms with Crippen molar-refractivity contribution in [1.82, 2.24) is 0 Å². The van der Waals surface area contributed by atoms with Crippen molar-refractivity contribution in [1.29, 1.82) is 0 Å². The molecular weight excluding hydrogens is 1610 g/mol. The van der Waals surface area contributed by atoms with Crippen molar-refractivity contribution in [3.63, 3.8) is 0 Å². The molecule has 12 atom stereocenters. The van der Waals surface area contributed by atoms with E-state index >= 15 is 0 Å². The summed E-state index contributed by atoms with van der Waals surface area (Å²) in [5.74, 6) is 14.9. The minimum Gasteiger partial charge on any atom is -0.481 e. The summed E-state index contributed by atoms with van der Waals surface area (Å²) >= 11 is 0. The Hall–Kier alpha value is -1.95. The lowest BCUT2D eigenvalue weighted by atomic mass is 9.67. The van der Waals surface area contributed by atoms with Gasteiger partial charge in [-0.1, -0.05) is 296 Å². The molecule has 0 aromatic carbocycles. The number of hydrogen-bond acceptors (Lipinski definition) is 12. The average Bonchev–Trinajstić information content (AvgIpc) is 1.63. The monoisotopic (exact) mass is 1850 g/mol. The molecule has 11 fully saturated rings. The number of aliphatic hydroxyl groups is 6. The molecule has 3 saturated heterocycles. The van der Waals surface area contributed by atoms with Gasteiger partial charge in [0.15, 0.2) is 0 Å². The van der Waals surface area contributed by atoms with Crippen molar-refractivity contribution < 1.29 is 69.4 Å². The number of amides is 1. The Kier molecular flexibility index (Phi) is 90.5. The molecule has 0 radical (unpaired) electrons. The van der Waals surface area contributed by atoms with Crippen LogP contribution >= 0.6 is 0 Å². The Labute approximate surface area is 807 Å². The van der Waals surface area contributed by atoms with E-state index in [9.17, 15) is 45.0 Å². The van der Waals surface area contributed by atoms with Gasteiger partial charge < -0.3 is 60.8 Å². The minimum absolute atomic E-state index is 0. The number of aliphatic carboxylic acids is 2. The summed E-state index contributed by atoms with van der Waals surface area (Å²) in [4.78, 5) is 32.5. The lowest BCUT2D eigenvalue weighted by Gasteiger charge is -2.38.